The van der Waals surface area contributed by atoms with Crippen molar-refractivity contribution < 1.29 is 9.53 Å². The van der Waals surface area contributed by atoms with E-state index in [9.17, 15) is 4.79 Å². The number of carbonyl (C=O) groups excluding carboxylic acids is 1. The van der Waals surface area contributed by atoms with E-state index >= 15 is 0 Å². The molecular weight excluding hydrogens is 456 g/mol. The van der Waals surface area contributed by atoms with Gasteiger partial charge in [-0.2, -0.15) is 0 Å². The zero-order chi connectivity index (χ0) is 20.4. The number of fused-ring (bicyclic) bond motifs is 1. The first-order valence-electron chi connectivity index (χ1n) is 8.81. The lowest BCUT2D eigenvalue weighted by Crippen LogP contribution is -2.48. The number of likely N-dealkylation sites (N-methyl/N-ethyl adjacent to an activating group) is 1. The van der Waals surface area contributed by atoms with Crippen molar-refractivity contribution >= 4 is 44.9 Å². The van der Waals surface area contributed by atoms with E-state index in [-0.39, 0.29) is 12.4 Å². The Balaban J connectivity index is 1.45. The summed E-state index contributed by atoms with van der Waals surface area (Å²) in [6, 6.07) is 11.1. The smallest absolute Gasteiger partial charge is 0.291 e. The number of carbonyl (C=O) groups is 1. The summed E-state index contributed by atoms with van der Waals surface area (Å²) in [5.41, 5.74) is 1.07. The van der Waals surface area contributed by atoms with Gasteiger partial charge in [-0.3, -0.25) is 4.79 Å². The average Bonchev–Trinajstić information content (AvgIpc) is 3.15. The molecule has 1 aromatic carbocycles. The molecule has 1 amide bonds. The number of rotatable bonds is 4. The molecule has 1 aliphatic heterocycles. The summed E-state index contributed by atoms with van der Waals surface area (Å²) in [4.78, 5) is 23.4. The molecule has 0 unspecified atom stereocenters. The summed E-state index contributed by atoms with van der Waals surface area (Å²) in [5, 5.41) is 7.12. The fourth-order valence-corrected chi connectivity index (χ4v) is 3.45. The van der Waals surface area contributed by atoms with Gasteiger partial charge in [-0.1, -0.05) is 42.5 Å². The molecule has 0 radical (unpaired) electrons. The Kier molecular flexibility index (Phi) is 5.54. The van der Waals surface area contributed by atoms with E-state index in [0.29, 0.717) is 23.1 Å². The van der Waals surface area contributed by atoms with E-state index in [4.69, 9.17) is 17.0 Å². The number of amides is 1. The molecule has 0 saturated heterocycles. The first-order valence-corrected chi connectivity index (χ1v) is 10.0. The van der Waals surface area contributed by atoms with Crippen LogP contribution in [-0.2, 0) is 6.54 Å². The molecule has 148 valence electrons. The number of nitrogens with zero attached hydrogens (tertiary/aromatic N) is 5. The highest BCUT2D eigenvalue weighted by atomic mass is 79.9. The predicted octanol–water partition coefficient (Wildman–Crippen LogP) is 2.44. The van der Waals surface area contributed by atoms with Crippen molar-refractivity contribution in [2.45, 2.75) is 12.6 Å². The lowest BCUT2D eigenvalue weighted by molar-refractivity contribution is 0.0927. The van der Waals surface area contributed by atoms with Gasteiger partial charge in [0.1, 0.15) is 24.0 Å². The number of anilines is 1. The van der Waals surface area contributed by atoms with Crippen LogP contribution in [0.3, 0.4) is 0 Å². The molecule has 0 aliphatic carbocycles. The zero-order valence-electron chi connectivity index (χ0n) is 15.4. The monoisotopic (exact) mass is 472 g/mol. The summed E-state index contributed by atoms with van der Waals surface area (Å²) < 4.78 is 8.24. The zero-order valence-corrected chi connectivity index (χ0v) is 17.9. The third-order valence-electron chi connectivity index (χ3n) is 4.38. The third kappa shape index (κ3) is 4.28. The normalized spacial score (nSPS) is 16.0. The Morgan fingerprint density at radius 1 is 1.34 bits per heavy atom. The number of hydrogen-bond donors (Lipinski definition) is 1. The van der Waals surface area contributed by atoms with Gasteiger partial charge in [0.15, 0.2) is 11.6 Å². The number of aromatic nitrogens is 4. The summed E-state index contributed by atoms with van der Waals surface area (Å²) in [6.45, 7) is 0.718. The number of nitrogens with one attached hydrogen (secondary N) is 1. The molecule has 0 fully saturated rings. The van der Waals surface area contributed by atoms with E-state index in [1.54, 1.807) is 22.8 Å². The predicted molar refractivity (Wildman–Crippen MR) is 115 cm³/mol. The van der Waals surface area contributed by atoms with Crippen molar-refractivity contribution in [3.63, 3.8) is 0 Å². The highest BCUT2D eigenvalue weighted by Crippen LogP contribution is 2.31. The molecule has 1 atom stereocenters. The summed E-state index contributed by atoms with van der Waals surface area (Å²) in [7, 11) is 1.79. The van der Waals surface area contributed by atoms with Crippen LogP contribution in [0.5, 0.6) is 5.75 Å². The lowest BCUT2D eigenvalue weighted by Gasteiger charge is -2.22. The molecular formula is C19H17BrN6O2S. The molecule has 1 aliphatic rings. The van der Waals surface area contributed by atoms with E-state index < -0.39 is 11.9 Å². The fourth-order valence-electron chi connectivity index (χ4n) is 2.93. The Morgan fingerprint density at radius 2 is 2.14 bits per heavy atom. The standard InChI is InChI=1S/C19H17BrN6O2S/c1-25-17-15(7-13(20)8-21-17)28-10-14(19(25)29)23-18(27)16-22-11-26(24-16)9-12-5-3-2-4-6-12/h2-8,11,14H,9-10H2,1H3,(H,23,27)/t14-/m0/s1. The lowest BCUT2D eigenvalue weighted by atomic mass is 10.2. The molecule has 0 spiro atoms. The highest BCUT2D eigenvalue weighted by Gasteiger charge is 2.29. The van der Waals surface area contributed by atoms with Gasteiger partial charge in [0.05, 0.1) is 6.54 Å². The SMILES string of the molecule is CN1C(=S)[C@@H](NC(=O)c2ncn(Cc3ccccc3)n2)COc2cc(Br)cnc21. The van der Waals surface area contributed by atoms with Crippen LogP contribution < -0.4 is 15.0 Å². The molecule has 1 N–H and O–H groups in total. The van der Waals surface area contributed by atoms with Crippen LogP contribution in [0.4, 0.5) is 5.82 Å². The maximum Gasteiger partial charge on any atom is 0.291 e. The summed E-state index contributed by atoms with van der Waals surface area (Å²) in [5.74, 6) is 0.849. The van der Waals surface area contributed by atoms with Gasteiger partial charge in [-0.15, -0.1) is 5.10 Å². The van der Waals surface area contributed by atoms with Gasteiger partial charge in [0.25, 0.3) is 5.91 Å². The van der Waals surface area contributed by atoms with Crippen molar-refractivity contribution in [2.75, 3.05) is 18.6 Å². The Hall–Kier alpha value is -2.85. The number of benzene rings is 1. The number of pyridine rings is 1. The minimum Gasteiger partial charge on any atom is -0.487 e. The molecule has 10 heteroatoms. The minimum absolute atomic E-state index is 0.0778. The van der Waals surface area contributed by atoms with Crippen molar-refractivity contribution in [1.29, 1.82) is 0 Å². The molecule has 4 rings (SSSR count). The van der Waals surface area contributed by atoms with E-state index in [0.717, 1.165) is 10.0 Å². The first-order chi connectivity index (χ1) is 14.0. The maximum absolute atomic E-state index is 12.7. The maximum atomic E-state index is 12.7. The Bertz CT molecular complexity index is 1060. The van der Waals surface area contributed by atoms with Gasteiger partial charge in [0.2, 0.25) is 5.82 Å². The van der Waals surface area contributed by atoms with Crippen LogP contribution in [0.15, 0.2) is 53.4 Å². The van der Waals surface area contributed by atoms with Gasteiger partial charge < -0.3 is 15.0 Å². The van der Waals surface area contributed by atoms with Crippen LogP contribution >= 0.6 is 28.1 Å². The number of hydrogen-bond acceptors (Lipinski definition) is 6. The van der Waals surface area contributed by atoms with Crippen LogP contribution in [0, 0.1) is 0 Å². The van der Waals surface area contributed by atoms with Crippen molar-refractivity contribution in [3.8, 4) is 5.75 Å². The van der Waals surface area contributed by atoms with Gasteiger partial charge in [0, 0.05) is 17.7 Å². The van der Waals surface area contributed by atoms with Gasteiger partial charge in [-0.25, -0.2) is 14.6 Å². The van der Waals surface area contributed by atoms with Gasteiger partial charge in [-0.05, 0) is 27.6 Å². The third-order valence-corrected chi connectivity index (χ3v) is 5.38. The van der Waals surface area contributed by atoms with Crippen molar-refractivity contribution in [2.24, 2.45) is 0 Å². The second kappa shape index (κ2) is 8.26. The largest absolute Gasteiger partial charge is 0.487 e. The first kappa shape index (κ1) is 19.5. The Morgan fingerprint density at radius 3 is 2.93 bits per heavy atom. The fraction of sp³-hybridized carbons (Fsp3) is 0.211. The molecule has 29 heavy (non-hydrogen) atoms. The quantitative estimate of drug-likeness (QED) is 0.583. The average molecular weight is 473 g/mol. The second-order valence-corrected chi connectivity index (χ2v) is 7.79. The number of halogens is 1. The van der Waals surface area contributed by atoms with Crippen LogP contribution in [-0.4, -0.2) is 50.3 Å². The molecule has 3 aromatic rings. The molecule has 8 nitrogen and oxygen atoms in total. The van der Waals surface area contributed by atoms with E-state index in [1.165, 1.54) is 6.33 Å². The van der Waals surface area contributed by atoms with Crippen molar-refractivity contribution in [3.05, 3.63) is 64.8 Å². The number of thiocarbonyl (C=S) groups is 1. The van der Waals surface area contributed by atoms with Gasteiger partial charge >= 0.3 is 0 Å². The van der Waals surface area contributed by atoms with E-state index in [1.807, 2.05) is 36.4 Å². The minimum atomic E-state index is -0.517. The molecule has 0 saturated carbocycles. The summed E-state index contributed by atoms with van der Waals surface area (Å²) >= 11 is 8.92. The summed E-state index contributed by atoms with van der Waals surface area (Å²) in [6.07, 6.45) is 3.21. The van der Waals surface area contributed by atoms with Crippen LogP contribution in [0.1, 0.15) is 16.2 Å². The molecule has 3 heterocycles. The molecule has 2 aromatic heterocycles. The van der Waals surface area contributed by atoms with Crippen LogP contribution in [0.25, 0.3) is 0 Å². The van der Waals surface area contributed by atoms with E-state index in [2.05, 4.69) is 36.3 Å². The van der Waals surface area contributed by atoms with Crippen LogP contribution in [0.2, 0.25) is 0 Å². The molecule has 0 bridgehead atoms. The number of ether oxygens (including phenoxy) is 1. The Labute approximate surface area is 181 Å². The highest BCUT2D eigenvalue weighted by molar-refractivity contribution is 9.10. The topological polar surface area (TPSA) is 85.2 Å². The van der Waals surface area contributed by atoms with Crippen molar-refractivity contribution in [1.82, 2.24) is 25.1 Å². The second-order valence-electron chi connectivity index (χ2n) is 6.46.